The summed E-state index contributed by atoms with van der Waals surface area (Å²) in [5, 5.41) is 17.7. The Kier molecular flexibility index (Phi) is 9.44. The molecule has 2 aromatic heterocycles. The molecule has 232 valence electrons. The fraction of sp³-hybridized carbons (Fsp3) is 0.450. The van der Waals surface area contributed by atoms with Crippen molar-refractivity contribution in [3.8, 4) is 22.6 Å². The van der Waals surface area contributed by atoms with Crippen LogP contribution in [-0.2, 0) is 0 Å². The van der Waals surface area contributed by atoms with Gasteiger partial charge in [0.15, 0.2) is 0 Å². The zero-order chi connectivity index (χ0) is 32.1. The van der Waals surface area contributed by atoms with Gasteiger partial charge < -0.3 is 0 Å². The molecule has 0 aliphatic carbocycles. The summed E-state index contributed by atoms with van der Waals surface area (Å²) in [6.45, 7) is 28.8. The monoisotopic (exact) mass is 654 g/mol. The summed E-state index contributed by atoms with van der Waals surface area (Å²) in [5.41, 5.74) is 8.24. The van der Waals surface area contributed by atoms with Crippen molar-refractivity contribution in [2.75, 3.05) is 0 Å². The molecule has 4 heteroatoms. The van der Waals surface area contributed by atoms with Crippen LogP contribution < -0.4 is 0 Å². The second-order valence-electron chi connectivity index (χ2n) is 14.2. The fourth-order valence-corrected chi connectivity index (χ4v) is 19.2. The molecule has 2 heterocycles. The molecule has 0 saturated carbocycles. The molecule has 0 amide bonds. The van der Waals surface area contributed by atoms with Gasteiger partial charge >= 0.3 is 0 Å². The van der Waals surface area contributed by atoms with Gasteiger partial charge in [-0.05, 0) is 106 Å². The summed E-state index contributed by atoms with van der Waals surface area (Å²) in [7, 11) is -3.13. The lowest BCUT2D eigenvalue weighted by Gasteiger charge is -2.46. The maximum Gasteiger partial charge on any atom is 0.146 e. The number of rotatable bonds is 6. The van der Waals surface area contributed by atoms with E-state index in [1.807, 2.05) is 22.7 Å². The highest BCUT2D eigenvalue weighted by Gasteiger charge is 2.41. The van der Waals surface area contributed by atoms with Crippen LogP contribution in [0.25, 0.3) is 41.7 Å². The molecule has 0 fully saturated rings. The molecule has 0 spiro atoms. The molecule has 44 heavy (non-hydrogen) atoms. The molecule has 0 aliphatic rings. The smallest absolute Gasteiger partial charge is 0.146 e. The topological polar surface area (TPSA) is 0 Å². The van der Waals surface area contributed by atoms with Crippen molar-refractivity contribution < 1.29 is 0 Å². The van der Waals surface area contributed by atoms with E-state index in [0.29, 0.717) is 32.4 Å². The summed E-state index contributed by atoms with van der Waals surface area (Å²) >= 11 is 3.65. The molecule has 0 N–H and O–H groups in total. The molecule has 0 bridgehead atoms. The van der Waals surface area contributed by atoms with Gasteiger partial charge in [0.2, 0.25) is 0 Å². The van der Waals surface area contributed by atoms with E-state index in [2.05, 4.69) is 153 Å². The molecule has 3 aromatic carbocycles. The standard InChI is InChI=1S/C40H50S3Si/c1-25(2)43(26(3)4,27(5)6)19-15-33-37-23-39-31(13-17-41-39)21-35(37)34(16-20-44(28(7)8,29(9)10)30(11)12)36-22-32-14-18-42-40(32)24-38(33)36/h13-14,17-18,21-30H,1-12H3. The Hall–Kier alpha value is -2.21. The number of thiophene rings is 2. The molecule has 0 aliphatic heterocycles. The summed E-state index contributed by atoms with van der Waals surface area (Å²) < 4.78 is 2.64. The first-order chi connectivity index (χ1) is 20.7. The van der Waals surface area contributed by atoms with E-state index in [4.69, 9.17) is 0 Å². The van der Waals surface area contributed by atoms with E-state index >= 15 is 0 Å². The molecule has 5 aromatic rings. The quantitative estimate of drug-likeness (QED) is 0.0971. The van der Waals surface area contributed by atoms with E-state index in [0.717, 1.165) is 0 Å². The highest BCUT2D eigenvalue weighted by Crippen LogP contribution is 2.59. The van der Waals surface area contributed by atoms with Crippen molar-refractivity contribution in [1.29, 1.82) is 0 Å². The van der Waals surface area contributed by atoms with Crippen LogP contribution in [0, 0.1) is 22.6 Å². The third kappa shape index (κ3) is 5.35. The maximum absolute atomic E-state index is 4.10. The van der Waals surface area contributed by atoms with Crippen LogP contribution >= 0.6 is 32.7 Å². The highest BCUT2D eigenvalue weighted by atomic mass is 32.3. The predicted octanol–water partition coefficient (Wildman–Crippen LogP) is 13.3. The van der Waals surface area contributed by atoms with Crippen LogP contribution in [0.3, 0.4) is 0 Å². The number of fused-ring (bicyclic) bond motifs is 4. The fourth-order valence-electron chi connectivity index (χ4n) is 8.14. The van der Waals surface area contributed by atoms with E-state index < -0.39 is 18.1 Å². The second-order valence-corrected chi connectivity index (χ2v) is 26.3. The number of hydrogen-bond acceptors (Lipinski definition) is 2. The van der Waals surface area contributed by atoms with Crippen LogP contribution in [-0.4, -0.2) is 23.8 Å². The Labute approximate surface area is 277 Å². The van der Waals surface area contributed by atoms with Crippen molar-refractivity contribution in [2.45, 2.75) is 115 Å². The van der Waals surface area contributed by atoms with Crippen molar-refractivity contribution in [3.63, 3.8) is 0 Å². The van der Waals surface area contributed by atoms with Gasteiger partial charge in [-0.3, -0.25) is 0 Å². The van der Waals surface area contributed by atoms with Crippen molar-refractivity contribution in [2.24, 2.45) is 0 Å². The van der Waals surface area contributed by atoms with Crippen LogP contribution in [0.4, 0.5) is 0 Å². The van der Waals surface area contributed by atoms with Gasteiger partial charge in [-0.25, -0.2) is 0 Å². The normalized spacial score (nSPS) is 13.3. The van der Waals surface area contributed by atoms with E-state index in [1.54, 1.807) is 0 Å². The first-order valence-electron chi connectivity index (χ1n) is 16.4. The van der Waals surface area contributed by atoms with Gasteiger partial charge in [-0.2, -0.15) is 10.0 Å². The van der Waals surface area contributed by atoms with Crippen molar-refractivity contribution >= 4 is 82.5 Å². The lowest BCUT2D eigenvalue weighted by atomic mass is 9.91. The summed E-state index contributed by atoms with van der Waals surface area (Å²) in [4.78, 5) is 0. The van der Waals surface area contributed by atoms with Crippen molar-refractivity contribution in [3.05, 3.63) is 58.3 Å². The second kappa shape index (κ2) is 12.5. The molecule has 0 unspecified atom stereocenters. The van der Waals surface area contributed by atoms with Crippen LogP contribution in [0.2, 0.25) is 16.6 Å². The summed E-state index contributed by atoms with van der Waals surface area (Å²) in [5.74, 6) is 7.90. The first kappa shape index (κ1) is 33.2. The maximum atomic E-state index is 4.10. The van der Waals surface area contributed by atoms with Crippen LogP contribution in [0.15, 0.2) is 47.2 Å². The van der Waals surface area contributed by atoms with Gasteiger partial charge in [0.25, 0.3) is 0 Å². The van der Waals surface area contributed by atoms with Gasteiger partial charge in [0.05, 0.1) is 0 Å². The van der Waals surface area contributed by atoms with E-state index in [1.165, 1.54) is 52.8 Å². The van der Waals surface area contributed by atoms with E-state index in [-0.39, 0.29) is 0 Å². The molecular formula is C40H50S3Si. The minimum absolute atomic E-state index is 0.534. The van der Waals surface area contributed by atoms with Crippen LogP contribution in [0.1, 0.15) is 94.2 Å². The van der Waals surface area contributed by atoms with Gasteiger partial charge in [-0.15, -0.1) is 28.2 Å². The number of benzene rings is 3. The molecule has 5 rings (SSSR count). The largest absolute Gasteiger partial charge is 0.170 e. The zero-order valence-corrected chi connectivity index (χ0v) is 32.3. The third-order valence-electron chi connectivity index (χ3n) is 10.2. The van der Waals surface area contributed by atoms with Gasteiger partial charge in [0.1, 0.15) is 8.07 Å². The average molecular weight is 655 g/mol. The molecule has 0 radical (unpaired) electrons. The predicted molar refractivity (Wildman–Crippen MR) is 210 cm³/mol. The lowest BCUT2D eigenvalue weighted by Crippen LogP contribution is -2.43. The molecule has 0 nitrogen and oxygen atoms in total. The average Bonchev–Trinajstić information content (AvgIpc) is 3.59. The molecule has 0 saturated heterocycles. The van der Waals surface area contributed by atoms with Crippen LogP contribution in [0.5, 0.6) is 0 Å². The Morgan fingerprint density at radius 1 is 0.545 bits per heavy atom. The minimum Gasteiger partial charge on any atom is -0.170 e. The molecular weight excluding hydrogens is 605 g/mol. The Bertz CT molecular complexity index is 1680. The Balaban J connectivity index is 1.98. The summed E-state index contributed by atoms with van der Waals surface area (Å²) in [6, 6.07) is 14.2. The van der Waals surface area contributed by atoms with E-state index in [9.17, 15) is 0 Å². The first-order valence-corrected chi connectivity index (χ1v) is 22.2. The summed E-state index contributed by atoms with van der Waals surface area (Å²) in [6.07, 6.45) is 0. The Morgan fingerprint density at radius 3 is 1.32 bits per heavy atom. The zero-order valence-electron chi connectivity index (χ0n) is 28.8. The van der Waals surface area contributed by atoms with Crippen molar-refractivity contribution in [1.82, 2.24) is 0 Å². The highest BCUT2D eigenvalue weighted by molar-refractivity contribution is 8.38. The lowest BCUT2D eigenvalue weighted by molar-refractivity contribution is 0.838. The minimum atomic E-state index is -1.94. The van der Waals surface area contributed by atoms with Gasteiger partial charge in [0, 0.05) is 31.3 Å². The third-order valence-corrected chi connectivity index (χ3v) is 23.4. The molecule has 0 atom stereocenters. The van der Waals surface area contributed by atoms with Gasteiger partial charge in [-0.1, -0.05) is 94.9 Å². The number of hydrogen-bond donors (Lipinski definition) is 0. The Morgan fingerprint density at radius 2 is 0.932 bits per heavy atom. The SMILES string of the molecule is CC(C)[Si](C#Cc1c2cc3ccsc3cc2c(C#CS(C(C)C)(C(C)C)C(C)C)c2cc3sccc3cc12)(C(C)C)C(C)C.